The molecule has 3 heterocycles. The number of anilines is 1. The number of aliphatic hydroxyl groups is 1. The van der Waals surface area contributed by atoms with E-state index in [2.05, 4.69) is 6.58 Å². The zero-order chi connectivity index (χ0) is 21.8. The first-order valence-corrected chi connectivity index (χ1v) is 11.0. The van der Waals surface area contributed by atoms with Gasteiger partial charge >= 0.3 is 0 Å². The summed E-state index contributed by atoms with van der Waals surface area (Å²) < 4.78 is 6.17. The van der Waals surface area contributed by atoms with Gasteiger partial charge in [-0.25, -0.2) is 0 Å². The van der Waals surface area contributed by atoms with Gasteiger partial charge in [-0.1, -0.05) is 30.7 Å². The molecule has 0 saturated heterocycles. The van der Waals surface area contributed by atoms with E-state index in [0.717, 1.165) is 19.3 Å². The first-order valence-electron chi connectivity index (χ1n) is 11.0. The first kappa shape index (κ1) is 20.0. The molecule has 4 aliphatic rings. The molecule has 0 radical (unpaired) electrons. The molecule has 1 spiro atoms. The summed E-state index contributed by atoms with van der Waals surface area (Å²) in [6.45, 7) is 4.06. The Hall–Kier alpha value is -2.93. The molecule has 7 nitrogen and oxygen atoms in total. The second kappa shape index (κ2) is 7.34. The normalized spacial score (nSPS) is 29.3. The van der Waals surface area contributed by atoms with Gasteiger partial charge in [0.05, 0.1) is 17.2 Å². The molecule has 1 saturated carbocycles. The highest BCUT2D eigenvalue weighted by molar-refractivity contribution is 6.24. The fourth-order valence-corrected chi connectivity index (χ4v) is 5.70. The lowest BCUT2D eigenvalue weighted by Gasteiger charge is -2.39. The van der Waals surface area contributed by atoms with Crippen LogP contribution in [0.25, 0.3) is 0 Å². The maximum Gasteiger partial charge on any atom is 0.290 e. The Morgan fingerprint density at radius 1 is 1.19 bits per heavy atom. The van der Waals surface area contributed by atoms with E-state index >= 15 is 0 Å². The number of carbonyl (C=O) groups excluding carboxylic acids is 3. The minimum Gasteiger partial charge on any atom is -0.483 e. The van der Waals surface area contributed by atoms with Gasteiger partial charge in [0.15, 0.2) is 17.1 Å². The molecule has 0 aromatic heterocycles. The third kappa shape index (κ3) is 2.53. The van der Waals surface area contributed by atoms with E-state index in [4.69, 9.17) is 4.74 Å². The lowest BCUT2D eigenvalue weighted by Crippen LogP contribution is -2.55. The molecule has 31 heavy (non-hydrogen) atoms. The molecule has 1 aromatic carbocycles. The Kier molecular flexibility index (Phi) is 4.73. The predicted molar refractivity (Wildman–Crippen MR) is 113 cm³/mol. The van der Waals surface area contributed by atoms with Gasteiger partial charge in [0.1, 0.15) is 6.10 Å². The van der Waals surface area contributed by atoms with Crippen LogP contribution in [-0.4, -0.2) is 53.4 Å². The Bertz CT molecular complexity index is 1010. The second-order valence-corrected chi connectivity index (χ2v) is 8.58. The van der Waals surface area contributed by atoms with Gasteiger partial charge in [-0.2, -0.15) is 0 Å². The fourth-order valence-electron chi connectivity index (χ4n) is 5.70. The summed E-state index contributed by atoms with van der Waals surface area (Å²) in [6, 6.07) is 7.29. The SMILES string of the molecule is C=CCN1C(=O)C2(C3=C(OC4CCCCC4C3=O)C(=O)N2CCCO)c2ccccc21. The van der Waals surface area contributed by atoms with Crippen molar-refractivity contribution in [2.75, 3.05) is 24.6 Å². The Morgan fingerprint density at radius 3 is 2.74 bits per heavy atom. The molecule has 3 aliphatic heterocycles. The van der Waals surface area contributed by atoms with Gasteiger partial charge in [0, 0.05) is 25.3 Å². The summed E-state index contributed by atoms with van der Waals surface area (Å²) in [5.41, 5.74) is -0.0748. The topological polar surface area (TPSA) is 87.2 Å². The Morgan fingerprint density at radius 2 is 1.97 bits per heavy atom. The highest BCUT2D eigenvalue weighted by Crippen LogP contribution is 2.56. The lowest BCUT2D eigenvalue weighted by atomic mass is 9.73. The highest BCUT2D eigenvalue weighted by atomic mass is 16.5. The first-order chi connectivity index (χ1) is 15.1. The molecule has 5 rings (SSSR count). The van der Waals surface area contributed by atoms with Crippen molar-refractivity contribution in [1.82, 2.24) is 4.90 Å². The molecular weight excluding hydrogens is 396 g/mol. The van der Waals surface area contributed by atoms with E-state index in [1.807, 2.05) is 24.3 Å². The third-order valence-electron chi connectivity index (χ3n) is 6.98. The summed E-state index contributed by atoms with van der Waals surface area (Å²) in [5, 5.41) is 9.46. The number of hydrogen-bond acceptors (Lipinski definition) is 5. The zero-order valence-corrected chi connectivity index (χ0v) is 17.4. The number of benzene rings is 1. The van der Waals surface area contributed by atoms with E-state index in [1.54, 1.807) is 11.0 Å². The van der Waals surface area contributed by atoms with Crippen molar-refractivity contribution in [3.63, 3.8) is 0 Å². The summed E-state index contributed by atoms with van der Waals surface area (Å²) in [6.07, 6.45) is 4.95. The second-order valence-electron chi connectivity index (χ2n) is 8.58. The predicted octanol–water partition coefficient (Wildman–Crippen LogP) is 2.05. The number of rotatable bonds is 5. The van der Waals surface area contributed by atoms with Crippen LogP contribution in [0.3, 0.4) is 0 Å². The summed E-state index contributed by atoms with van der Waals surface area (Å²) in [7, 11) is 0. The average Bonchev–Trinajstić information content (AvgIpc) is 3.18. The number of carbonyl (C=O) groups is 3. The molecule has 1 fully saturated rings. The van der Waals surface area contributed by atoms with Gasteiger partial charge < -0.3 is 19.6 Å². The molecule has 2 amide bonds. The van der Waals surface area contributed by atoms with Gasteiger partial charge in [0.2, 0.25) is 0 Å². The van der Waals surface area contributed by atoms with Crippen LogP contribution in [0, 0.1) is 5.92 Å². The molecule has 7 heteroatoms. The maximum atomic E-state index is 14.0. The minimum atomic E-state index is -1.54. The molecular formula is C24H26N2O5. The van der Waals surface area contributed by atoms with Crippen LogP contribution in [0.15, 0.2) is 48.3 Å². The smallest absolute Gasteiger partial charge is 0.290 e. The van der Waals surface area contributed by atoms with Crippen molar-refractivity contribution < 1.29 is 24.2 Å². The number of para-hydroxylation sites is 1. The summed E-state index contributed by atoms with van der Waals surface area (Å²) in [4.78, 5) is 44.5. The van der Waals surface area contributed by atoms with Gasteiger partial charge in [-0.05, 0) is 31.7 Å². The van der Waals surface area contributed by atoms with Crippen LogP contribution in [0.5, 0.6) is 0 Å². The van der Waals surface area contributed by atoms with Crippen LogP contribution in [-0.2, 0) is 24.7 Å². The number of aliphatic hydroxyl groups excluding tert-OH is 1. The van der Waals surface area contributed by atoms with Crippen molar-refractivity contribution in [1.29, 1.82) is 0 Å². The molecule has 1 aliphatic carbocycles. The Labute approximate surface area is 181 Å². The molecule has 3 unspecified atom stereocenters. The van der Waals surface area contributed by atoms with E-state index in [0.29, 0.717) is 24.1 Å². The molecule has 1 N–H and O–H groups in total. The van der Waals surface area contributed by atoms with E-state index in [9.17, 15) is 19.5 Å². The van der Waals surface area contributed by atoms with Crippen molar-refractivity contribution in [3.05, 3.63) is 53.8 Å². The van der Waals surface area contributed by atoms with Crippen LogP contribution in [0.2, 0.25) is 0 Å². The van der Waals surface area contributed by atoms with E-state index in [1.165, 1.54) is 4.90 Å². The molecule has 1 aromatic rings. The molecule has 3 atom stereocenters. The number of amides is 2. The maximum absolute atomic E-state index is 14.0. The molecule has 0 bridgehead atoms. The molecule has 162 valence electrons. The van der Waals surface area contributed by atoms with Crippen molar-refractivity contribution in [3.8, 4) is 0 Å². The lowest BCUT2D eigenvalue weighted by molar-refractivity contribution is -0.140. The van der Waals surface area contributed by atoms with Crippen molar-refractivity contribution in [2.24, 2.45) is 5.92 Å². The average molecular weight is 422 g/mol. The fraction of sp³-hybridized carbons (Fsp3) is 0.458. The number of Topliss-reactive ketones (excluding diaryl/α,β-unsaturated/α-hetero) is 1. The number of ketones is 1. The van der Waals surface area contributed by atoms with Gasteiger partial charge in [0.25, 0.3) is 11.8 Å². The van der Waals surface area contributed by atoms with E-state index < -0.39 is 11.4 Å². The van der Waals surface area contributed by atoms with Crippen LogP contribution in [0.4, 0.5) is 5.69 Å². The number of fused-ring (bicyclic) bond motifs is 4. The van der Waals surface area contributed by atoms with Gasteiger partial charge in [-0.15, -0.1) is 6.58 Å². The van der Waals surface area contributed by atoms with Crippen LogP contribution in [0.1, 0.15) is 37.7 Å². The van der Waals surface area contributed by atoms with Crippen molar-refractivity contribution in [2.45, 2.75) is 43.7 Å². The zero-order valence-electron chi connectivity index (χ0n) is 17.4. The number of nitrogens with zero attached hydrogens (tertiary/aromatic N) is 2. The van der Waals surface area contributed by atoms with Crippen LogP contribution >= 0.6 is 0 Å². The number of hydrogen-bond donors (Lipinski definition) is 1. The third-order valence-corrected chi connectivity index (χ3v) is 6.98. The van der Waals surface area contributed by atoms with Crippen LogP contribution < -0.4 is 4.90 Å². The summed E-state index contributed by atoms with van der Waals surface area (Å²) >= 11 is 0. The van der Waals surface area contributed by atoms with Gasteiger partial charge in [-0.3, -0.25) is 14.4 Å². The summed E-state index contributed by atoms with van der Waals surface area (Å²) in [5.74, 6) is -1.23. The standard InChI is InChI=1S/C24H26N2O5/c1-2-12-25-17-10-5-4-9-16(17)24(23(25)30)19-20(28)15-8-3-6-11-18(15)31-21(19)22(29)26(24)13-7-14-27/h2,4-5,9-10,15,18,27H,1,3,6-8,11-14H2. The largest absolute Gasteiger partial charge is 0.483 e. The minimum absolute atomic E-state index is 0.0229. The number of ether oxygens (including phenoxy) is 1. The quantitative estimate of drug-likeness (QED) is 0.734. The van der Waals surface area contributed by atoms with E-state index in [-0.39, 0.29) is 54.7 Å². The highest BCUT2D eigenvalue weighted by Gasteiger charge is 2.67. The Balaban J connectivity index is 1.75. The monoisotopic (exact) mass is 422 g/mol. The van der Waals surface area contributed by atoms with Crippen molar-refractivity contribution >= 4 is 23.3 Å².